The zero-order valence-electron chi connectivity index (χ0n) is 17.8. The van der Waals surface area contributed by atoms with Crippen LogP contribution in [0.2, 0.25) is 0 Å². The molecule has 0 saturated carbocycles. The fraction of sp³-hybridized carbons (Fsp3) is 0.292. The lowest BCUT2D eigenvalue weighted by atomic mass is 9.98. The zero-order valence-corrected chi connectivity index (χ0v) is 17.8. The van der Waals surface area contributed by atoms with Crippen molar-refractivity contribution in [1.82, 2.24) is 20.2 Å². The average Bonchev–Trinajstić information content (AvgIpc) is 3.16. The van der Waals surface area contributed by atoms with E-state index in [0.29, 0.717) is 11.3 Å². The number of nitrogens with one attached hydrogen (secondary N) is 1. The second-order valence-corrected chi connectivity index (χ2v) is 7.60. The van der Waals surface area contributed by atoms with Crippen LogP contribution >= 0.6 is 0 Å². The molecule has 4 aromatic rings. The van der Waals surface area contributed by atoms with Gasteiger partial charge in [0.25, 0.3) is 0 Å². The smallest absolute Gasteiger partial charge is 0.133 e. The molecule has 0 amide bonds. The molecule has 0 atom stereocenters. The maximum absolute atomic E-state index is 15.0. The van der Waals surface area contributed by atoms with Gasteiger partial charge in [0.1, 0.15) is 17.3 Å². The highest BCUT2D eigenvalue weighted by Gasteiger charge is 2.16. The van der Waals surface area contributed by atoms with Gasteiger partial charge < -0.3 is 4.90 Å². The van der Waals surface area contributed by atoms with Gasteiger partial charge in [0, 0.05) is 24.5 Å². The van der Waals surface area contributed by atoms with E-state index < -0.39 is 0 Å². The second-order valence-electron chi connectivity index (χ2n) is 7.60. The number of aromatic nitrogens is 4. The van der Waals surface area contributed by atoms with Gasteiger partial charge in [-0.3, -0.25) is 10.1 Å². The van der Waals surface area contributed by atoms with Crippen molar-refractivity contribution in [2.75, 3.05) is 18.5 Å². The Morgan fingerprint density at radius 2 is 1.93 bits per heavy atom. The number of aryl methyl sites for hydroxylation is 2. The molecule has 3 heterocycles. The van der Waals surface area contributed by atoms with E-state index in [1.165, 1.54) is 0 Å². The van der Waals surface area contributed by atoms with E-state index in [9.17, 15) is 4.39 Å². The number of anilines is 1. The third-order valence-electron chi connectivity index (χ3n) is 5.43. The lowest BCUT2D eigenvalue weighted by Gasteiger charge is -2.15. The molecule has 1 aromatic carbocycles. The van der Waals surface area contributed by atoms with Crippen molar-refractivity contribution < 1.29 is 4.39 Å². The first-order chi connectivity index (χ1) is 14.5. The Labute approximate surface area is 176 Å². The summed E-state index contributed by atoms with van der Waals surface area (Å²) < 4.78 is 15.0. The van der Waals surface area contributed by atoms with Crippen LogP contribution in [0.1, 0.15) is 31.4 Å². The molecule has 0 aliphatic carbocycles. The van der Waals surface area contributed by atoms with Gasteiger partial charge >= 0.3 is 0 Å². The third kappa shape index (κ3) is 3.65. The molecule has 0 fully saturated rings. The van der Waals surface area contributed by atoms with Gasteiger partial charge in [-0.25, -0.2) is 9.37 Å². The predicted molar refractivity (Wildman–Crippen MR) is 120 cm³/mol. The SMILES string of the molecule is CCCc1cc(C)c(-c2cc3c(-c4cccc(N(C)CC)n4)n[nH]c3cn2)c(F)c1. The molecule has 1 N–H and O–H groups in total. The van der Waals surface area contributed by atoms with Crippen LogP contribution in [-0.2, 0) is 6.42 Å². The lowest BCUT2D eigenvalue weighted by Crippen LogP contribution is -2.17. The van der Waals surface area contributed by atoms with E-state index in [4.69, 9.17) is 4.98 Å². The van der Waals surface area contributed by atoms with Gasteiger partial charge in [0.05, 0.1) is 23.1 Å². The summed E-state index contributed by atoms with van der Waals surface area (Å²) in [5.74, 6) is 0.647. The van der Waals surface area contributed by atoms with Crippen LogP contribution in [-0.4, -0.2) is 33.8 Å². The Hall–Kier alpha value is -3.28. The molecule has 154 valence electrons. The van der Waals surface area contributed by atoms with Crippen molar-refractivity contribution in [3.63, 3.8) is 0 Å². The van der Waals surface area contributed by atoms with Crippen molar-refractivity contribution in [3.05, 3.63) is 59.5 Å². The van der Waals surface area contributed by atoms with Crippen LogP contribution in [0.3, 0.4) is 0 Å². The van der Waals surface area contributed by atoms with Gasteiger partial charge in [0.15, 0.2) is 0 Å². The molecule has 0 spiro atoms. The molecular weight excluding hydrogens is 377 g/mol. The molecule has 0 bridgehead atoms. The number of H-pyrrole nitrogens is 1. The summed E-state index contributed by atoms with van der Waals surface area (Å²) in [5, 5.41) is 8.37. The third-order valence-corrected chi connectivity index (χ3v) is 5.43. The van der Waals surface area contributed by atoms with Crippen LogP contribution in [0, 0.1) is 12.7 Å². The molecule has 6 heteroatoms. The summed E-state index contributed by atoms with van der Waals surface area (Å²) in [6, 6.07) is 11.5. The fourth-order valence-corrected chi connectivity index (χ4v) is 3.75. The number of pyridine rings is 2. The monoisotopic (exact) mass is 403 g/mol. The number of hydrogen-bond donors (Lipinski definition) is 1. The van der Waals surface area contributed by atoms with Crippen LogP contribution < -0.4 is 4.90 Å². The van der Waals surface area contributed by atoms with Gasteiger partial charge in [-0.15, -0.1) is 0 Å². The summed E-state index contributed by atoms with van der Waals surface area (Å²) in [7, 11) is 2.00. The molecule has 3 aromatic heterocycles. The van der Waals surface area contributed by atoms with E-state index >= 15 is 0 Å². The van der Waals surface area contributed by atoms with E-state index in [-0.39, 0.29) is 5.82 Å². The molecule has 0 aliphatic heterocycles. The average molecular weight is 404 g/mol. The molecule has 0 unspecified atom stereocenters. The highest BCUT2D eigenvalue weighted by atomic mass is 19.1. The minimum atomic E-state index is -0.236. The second kappa shape index (κ2) is 8.22. The number of fused-ring (bicyclic) bond motifs is 1. The summed E-state index contributed by atoms with van der Waals surface area (Å²) >= 11 is 0. The van der Waals surface area contributed by atoms with Crippen molar-refractivity contribution in [1.29, 1.82) is 0 Å². The minimum Gasteiger partial charge on any atom is -0.360 e. The van der Waals surface area contributed by atoms with E-state index in [1.807, 2.05) is 38.2 Å². The Balaban J connectivity index is 1.82. The molecule has 30 heavy (non-hydrogen) atoms. The van der Waals surface area contributed by atoms with E-state index in [2.05, 4.69) is 40.0 Å². The fourth-order valence-electron chi connectivity index (χ4n) is 3.75. The molecule has 0 saturated heterocycles. The normalized spacial score (nSPS) is 11.2. The van der Waals surface area contributed by atoms with E-state index in [0.717, 1.165) is 58.6 Å². The first kappa shape index (κ1) is 20.0. The standard InChI is InChI=1S/C24H26FN5/c1-5-8-16-11-15(3)23(18(25)12-16)20-13-17-21(14-26-20)28-29-24(17)19-9-7-10-22(27-19)30(4)6-2/h7,9-14H,5-6,8H2,1-4H3,(H,28,29). The zero-order chi connectivity index (χ0) is 21.3. The van der Waals surface area contributed by atoms with Crippen LogP contribution in [0.4, 0.5) is 10.2 Å². The summed E-state index contributed by atoms with van der Waals surface area (Å²) in [5.41, 5.74) is 5.35. The maximum atomic E-state index is 15.0. The van der Waals surface area contributed by atoms with Gasteiger partial charge in [-0.1, -0.05) is 25.5 Å². The number of halogens is 1. The highest BCUT2D eigenvalue weighted by Crippen LogP contribution is 2.32. The van der Waals surface area contributed by atoms with Crippen LogP contribution in [0.15, 0.2) is 42.6 Å². The van der Waals surface area contributed by atoms with E-state index in [1.54, 1.807) is 12.3 Å². The lowest BCUT2D eigenvalue weighted by molar-refractivity contribution is 0.626. The number of nitrogens with zero attached hydrogens (tertiary/aromatic N) is 4. The van der Waals surface area contributed by atoms with Crippen molar-refractivity contribution >= 4 is 16.7 Å². The van der Waals surface area contributed by atoms with Gasteiger partial charge in [-0.2, -0.15) is 5.10 Å². The first-order valence-corrected chi connectivity index (χ1v) is 10.3. The van der Waals surface area contributed by atoms with Crippen molar-refractivity contribution in [3.8, 4) is 22.6 Å². The Morgan fingerprint density at radius 1 is 1.10 bits per heavy atom. The number of benzene rings is 1. The van der Waals surface area contributed by atoms with Crippen molar-refractivity contribution in [2.45, 2.75) is 33.6 Å². The molecular formula is C24H26FN5. The summed E-state index contributed by atoms with van der Waals surface area (Å²) in [6.07, 6.45) is 3.56. The number of hydrogen-bond acceptors (Lipinski definition) is 4. The molecule has 4 rings (SSSR count). The van der Waals surface area contributed by atoms with Gasteiger partial charge in [0.2, 0.25) is 0 Å². The van der Waals surface area contributed by atoms with Crippen LogP contribution in [0.25, 0.3) is 33.5 Å². The Bertz CT molecular complexity index is 1170. The topological polar surface area (TPSA) is 57.7 Å². The summed E-state index contributed by atoms with van der Waals surface area (Å²) in [4.78, 5) is 11.3. The molecule has 5 nitrogen and oxygen atoms in total. The van der Waals surface area contributed by atoms with Crippen molar-refractivity contribution in [2.24, 2.45) is 0 Å². The highest BCUT2D eigenvalue weighted by molar-refractivity contribution is 5.94. The largest absolute Gasteiger partial charge is 0.360 e. The minimum absolute atomic E-state index is 0.236. The maximum Gasteiger partial charge on any atom is 0.133 e. The van der Waals surface area contributed by atoms with Crippen LogP contribution in [0.5, 0.6) is 0 Å². The molecule has 0 radical (unpaired) electrons. The number of rotatable bonds is 6. The Kier molecular flexibility index (Phi) is 5.48. The quantitative estimate of drug-likeness (QED) is 0.459. The van der Waals surface area contributed by atoms with Gasteiger partial charge in [-0.05, 0) is 55.7 Å². The summed E-state index contributed by atoms with van der Waals surface area (Å²) in [6.45, 7) is 6.97. The predicted octanol–water partition coefficient (Wildman–Crippen LogP) is 5.54. The molecule has 0 aliphatic rings. The Morgan fingerprint density at radius 3 is 2.67 bits per heavy atom. The first-order valence-electron chi connectivity index (χ1n) is 10.3. The number of aromatic amines is 1.